The van der Waals surface area contributed by atoms with Crippen LogP contribution >= 0.6 is 0 Å². The summed E-state index contributed by atoms with van der Waals surface area (Å²) in [7, 11) is 0. The summed E-state index contributed by atoms with van der Waals surface area (Å²) in [6.45, 7) is 0.718. The van der Waals surface area contributed by atoms with Crippen molar-refractivity contribution in [2.75, 3.05) is 0 Å². The van der Waals surface area contributed by atoms with Crippen molar-refractivity contribution in [3.63, 3.8) is 0 Å². The Bertz CT molecular complexity index is 1610. The minimum Gasteiger partial charge on any atom is -0.332 e. The average Bonchev–Trinajstić information content (AvgIpc) is 3.39. The van der Waals surface area contributed by atoms with Gasteiger partial charge in [0, 0.05) is 22.8 Å². The van der Waals surface area contributed by atoms with Gasteiger partial charge in [0.15, 0.2) is 5.52 Å². The van der Waals surface area contributed by atoms with Crippen molar-refractivity contribution in [3.05, 3.63) is 115 Å². The van der Waals surface area contributed by atoms with E-state index >= 15 is 0 Å². The number of aromatic nitrogens is 3. The number of benzene rings is 3. The van der Waals surface area contributed by atoms with Crippen molar-refractivity contribution in [2.24, 2.45) is 0 Å². The first-order valence-corrected chi connectivity index (χ1v) is 10.6. The molecule has 3 nitrogen and oxygen atoms in total. The fourth-order valence-electron chi connectivity index (χ4n) is 4.55. The van der Waals surface area contributed by atoms with Crippen LogP contribution in [0.4, 0.5) is 13.2 Å². The van der Waals surface area contributed by atoms with E-state index in [0.29, 0.717) is 5.69 Å². The standard InChI is InChI=1S/C27H19F3N3/c28-27(29,30)20-10-12-21(13-11-20)32-17-25-26-23(14-15-31(25)18-32)22-8-4-5-9-24(22)33(26)16-19-6-2-1-3-7-19/h1-15,17-18H,16H2/q+1. The van der Waals surface area contributed by atoms with Gasteiger partial charge in [-0.2, -0.15) is 13.2 Å². The van der Waals surface area contributed by atoms with Crippen molar-refractivity contribution in [1.82, 2.24) is 9.13 Å². The van der Waals surface area contributed by atoms with Crippen LogP contribution in [0.5, 0.6) is 0 Å². The lowest BCUT2D eigenvalue weighted by molar-refractivity contribution is -0.510. The van der Waals surface area contributed by atoms with E-state index in [1.54, 1.807) is 0 Å². The van der Waals surface area contributed by atoms with Crippen LogP contribution in [0.15, 0.2) is 104 Å². The van der Waals surface area contributed by atoms with Crippen LogP contribution in [0, 0.1) is 0 Å². The first-order valence-electron chi connectivity index (χ1n) is 10.6. The Morgan fingerprint density at radius 2 is 1.48 bits per heavy atom. The van der Waals surface area contributed by atoms with Gasteiger partial charge in [-0.05, 0) is 42.0 Å². The molecule has 0 saturated heterocycles. The Labute approximate surface area is 187 Å². The summed E-state index contributed by atoms with van der Waals surface area (Å²) in [4.78, 5) is 0. The molecule has 0 aliphatic carbocycles. The van der Waals surface area contributed by atoms with E-state index < -0.39 is 11.7 Å². The lowest BCUT2D eigenvalue weighted by atomic mass is 10.2. The molecule has 0 saturated carbocycles. The minimum atomic E-state index is -4.35. The third-order valence-electron chi connectivity index (χ3n) is 6.12. The quantitative estimate of drug-likeness (QED) is 0.282. The Morgan fingerprint density at radius 1 is 0.758 bits per heavy atom. The molecule has 6 heteroatoms. The van der Waals surface area contributed by atoms with Gasteiger partial charge in [-0.15, -0.1) is 0 Å². The van der Waals surface area contributed by atoms with Crippen LogP contribution in [-0.2, 0) is 12.7 Å². The Kier molecular flexibility index (Phi) is 4.30. The Balaban J connectivity index is 1.57. The van der Waals surface area contributed by atoms with Crippen LogP contribution in [0.2, 0.25) is 0 Å². The number of nitrogens with zero attached hydrogens (tertiary/aromatic N) is 3. The number of para-hydroxylation sites is 1. The van der Waals surface area contributed by atoms with E-state index in [1.165, 1.54) is 23.1 Å². The summed E-state index contributed by atoms with van der Waals surface area (Å²) >= 11 is 0. The van der Waals surface area contributed by atoms with Crippen LogP contribution < -0.4 is 4.40 Å². The molecule has 0 N–H and O–H groups in total. The summed E-state index contributed by atoms with van der Waals surface area (Å²) in [5, 5.41) is 2.32. The van der Waals surface area contributed by atoms with Gasteiger partial charge in [-0.3, -0.25) is 0 Å². The first-order chi connectivity index (χ1) is 16.0. The van der Waals surface area contributed by atoms with E-state index in [9.17, 15) is 13.2 Å². The van der Waals surface area contributed by atoms with Gasteiger partial charge in [0.1, 0.15) is 17.4 Å². The molecule has 0 unspecified atom stereocenters. The second kappa shape index (κ2) is 7.24. The van der Waals surface area contributed by atoms with E-state index in [-0.39, 0.29) is 0 Å². The fourth-order valence-corrected chi connectivity index (χ4v) is 4.55. The summed E-state index contributed by atoms with van der Waals surface area (Å²) in [6, 6.07) is 26.0. The molecule has 0 atom stereocenters. The van der Waals surface area contributed by atoms with E-state index in [4.69, 9.17) is 0 Å². The Morgan fingerprint density at radius 3 is 2.24 bits per heavy atom. The van der Waals surface area contributed by atoms with Crippen molar-refractivity contribution >= 4 is 27.3 Å². The molecule has 6 rings (SSSR count). The topological polar surface area (TPSA) is 14.0 Å². The third kappa shape index (κ3) is 3.26. The molecule has 0 spiro atoms. The minimum absolute atomic E-state index is 0.652. The summed E-state index contributed by atoms with van der Waals surface area (Å²) in [5.41, 5.74) is 4.44. The number of hydrogen-bond acceptors (Lipinski definition) is 0. The van der Waals surface area contributed by atoms with E-state index in [0.717, 1.165) is 40.6 Å². The highest BCUT2D eigenvalue weighted by atomic mass is 19.4. The zero-order valence-electron chi connectivity index (χ0n) is 17.5. The van der Waals surface area contributed by atoms with Crippen LogP contribution in [0.3, 0.4) is 0 Å². The molecular weight excluding hydrogens is 423 g/mol. The molecule has 33 heavy (non-hydrogen) atoms. The maximum atomic E-state index is 13.0. The molecule has 0 bridgehead atoms. The zero-order valence-corrected chi connectivity index (χ0v) is 17.5. The fraction of sp³-hybridized carbons (Fsp3) is 0.0741. The molecule has 3 aromatic heterocycles. The van der Waals surface area contributed by atoms with Gasteiger partial charge >= 0.3 is 6.18 Å². The number of halogens is 3. The largest absolute Gasteiger partial charge is 0.416 e. The lowest BCUT2D eigenvalue weighted by Crippen LogP contribution is -2.18. The maximum Gasteiger partial charge on any atom is 0.416 e. The normalized spacial score (nSPS) is 12.2. The number of alkyl halides is 3. The van der Waals surface area contributed by atoms with E-state index in [1.807, 2.05) is 58.0 Å². The van der Waals surface area contributed by atoms with Gasteiger partial charge in [0.2, 0.25) is 0 Å². The maximum absolute atomic E-state index is 13.0. The summed E-state index contributed by atoms with van der Waals surface area (Å²) in [5.74, 6) is 0. The molecule has 0 radical (unpaired) electrons. The van der Waals surface area contributed by atoms with Crippen molar-refractivity contribution in [3.8, 4) is 5.69 Å². The van der Waals surface area contributed by atoms with Crippen molar-refractivity contribution < 1.29 is 17.6 Å². The number of pyridine rings is 1. The predicted octanol–water partition coefficient (Wildman–Crippen LogP) is 6.39. The van der Waals surface area contributed by atoms with Crippen LogP contribution in [0.1, 0.15) is 11.1 Å². The second-order valence-electron chi connectivity index (χ2n) is 8.16. The van der Waals surface area contributed by atoms with Gasteiger partial charge in [-0.25, -0.2) is 8.97 Å². The van der Waals surface area contributed by atoms with Gasteiger partial charge in [0.05, 0.1) is 11.8 Å². The highest BCUT2D eigenvalue weighted by Gasteiger charge is 2.30. The number of rotatable bonds is 3. The second-order valence-corrected chi connectivity index (χ2v) is 8.16. The van der Waals surface area contributed by atoms with Gasteiger partial charge < -0.3 is 4.57 Å². The van der Waals surface area contributed by atoms with Crippen LogP contribution in [-0.4, -0.2) is 9.13 Å². The van der Waals surface area contributed by atoms with Gasteiger partial charge in [-0.1, -0.05) is 48.5 Å². The van der Waals surface area contributed by atoms with Gasteiger partial charge in [0.25, 0.3) is 6.33 Å². The first kappa shape index (κ1) is 19.6. The van der Waals surface area contributed by atoms with Crippen LogP contribution in [0.25, 0.3) is 33.0 Å². The molecule has 3 heterocycles. The summed E-state index contributed by atoms with van der Waals surface area (Å²) < 4.78 is 45.1. The molecule has 0 fully saturated rings. The lowest BCUT2D eigenvalue weighted by Gasteiger charge is -2.07. The SMILES string of the molecule is FC(F)(F)c1ccc(-n2cc3c4c(cc[n+]3c2)c2ccccc2n4Cc2ccccc2)cc1. The molecule has 6 aromatic rings. The zero-order chi connectivity index (χ0) is 22.6. The number of imidazole rings is 1. The predicted molar refractivity (Wildman–Crippen MR) is 122 cm³/mol. The van der Waals surface area contributed by atoms with E-state index in [2.05, 4.69) is 34.9 Å². The molecule has 0 amide bonds. The monoisotopic (exact) mass is 442 g/mol. The highest BCUT2D eigenvalue weighted by molar-refractivity contribution is 6.11. The molecular formula is C27H19F3N3+. The Hall–Kier alpha value is -4.06. The smallest absolute Gasteiger partial charge is 0.332 e. The molecule has 0 aliphatic heterocycles. The number of fused-ring (bicyclic) bond motifs is 5. The molecule has 3 aromatic carbocycles. The molecule has 162 valence electrons. The number of hydrogen-bond donors (Lipinski definition) is 0. The molecule has 0 aliphatic rings. The third-order valence-corrected chi connectivity index (χ3v) is 6.12. The van der Waals surface area contributed by atoms with Crippen molar-refractivity contribution in [2.45, 2.75) is 12.7 Å². The summed E-state index contributed by atoms with van der Waals surface area (Å²) in [6.07, 6.45) is 1.52. The highest BCUT2D eigenvalue weighted by Crippen LogP contribution is 2.32. The van der Waals surface area contributed by atoms with Crippen molar-refractivity contribution in [1.29, 1.82) is 0 Å². The average molecular weight is 442 g/mol.